The van der Waals surface area contributed by atoms with E-state index in [1.54, 1.807) is 0 Å². The lowest BCUT2D eigenvalue weighted by atomic mass is 10.1. The summed E-state index contributed by atoms with van der Waals surface area (Å²) in [6.07, 6.45) is 0. The van der Waals surface area contributed by atoms with Crippen LogP contribution in [0.25, 0.3) is 11.5 Å². The van der Waals surface area contributed by atoms with Crippen molar-refractivity contribution in [3.8, 4) is 11.5 Å². The fraction of sp³-hybridized carbons (Fsp3) is 0.273. The van der Waals surface area contributed by atoms with E-state index >= 15 is 0 Å². The number of hydrogen-bond donors (Lipinski definition) is 1. The Balaban J connectivity index is 2.37. The number of nitrogens with zero attached hydrogens (tertiary/aromatic N) is 2. The molecule has 0 saturated carbocycles. The molecular weight excluding hydrogens is 190 g/mol. The summed E-state index contributed by atoms with van der Waals surface area (Å²) in [6, 6.07) is 9.62. The molecule has 0 unspecified atom stereocenters. The Hall–Kier alpha value is -1.68. The Morgan fingerprint density at radius 3 is 2.33 bits per heavy atom. The van der Waals surface area contributed by atoms with Crippen LogP contribution in [0.1, 0.15) is 19.7 Å². The monoisotopic (exact) mass is 203 g/mol. The molecule has 2 rings (SSSR count). The molecule has 1 aromatic carbocycles. The highest BCUT2D eigenvalue weighted by Gasteiger charge is 2.22. The van der Waals surface area contributed by atoms with Crippen LogP contribution >= 0.6 is 0 Å². The Kier molecular flexibility index (Phi) is 2.28. The van der Waals surface area contributed by atoms with E-state index in [0.717, 1.165) is 5.56 Å². The molecule has 1 heterocycles. The van der Waals surface area contributed by atoms with Crippen LogP contribution in [-0.2, 0) is 5.54 Å². The van der Waals surface area contributed by atoms with Crippen LogP contribution in [0.2, 0.25) is 0 Å². The Morgan fingerprint density at radius 1 is 1.13 bits per heavy atom. The summed E-state index contributed by atoms with van der Waals surface area (Å²) < 4.78 is 5.49. The Morgan fingerprint density at radius 2 is 1.80 bits per heavy atom. The third-order valence-electron chi connectivity index (χ3n) is 2.00. The summed E-state index contributed by atoms with van der Waals surface area (Å²) in [5, 5.41) is 7.88. The molecule has 0 aliphatic carbocycles. The minimum absolute atomic E-state index is 0.446. The predicted molar refractivity (Wildman–Crippen MR) is 56.9 cm³/mol. The molecule has 2 aromatic rings. The lowest BCUT2D eigenvalue weighted by Crippen LogP contribution is -2.29. The van der Waals surface area contributed by atoms with Gasteiger partial charge in [0.25, 0.3) is 0 Å². The summed E-state index contributed by atoms with van der Waals surface area (Å²) >= 11 is 0. The number of benzene rings is 1. The smallest absolute Gasteiger partial charge is 0.247 e. The van der Waals surface area contributed by atoms with E-state index in [1.807, 2.05) is 44.2 Å². The van der Waals surface area contributed by atoms with Crippen molar-refractivity contribution in [1.29, 1.82) is 0 Å². The zero-order chi connectivity index (χ0) is 10.9. The van der Waals surface area contributed by atoms with Crippen LogP contribution in [0.15, 0.2) is 34.7 Å². The maximum Gasteiger partial charge on any atom is 0.247 e. The maximum atomic E-state index is 5.85. The summed E-state index contributed by atoms with van der Waals surface area (Å²) in [7, 11) is 0. The van der Waals surface area contributed by atoms with Gasteiger partial charge in [0, 0.05) is 5.56 Å². The molecule has 0 spiro atoms. The summed E-state index contributed by atoms with van der Waals surface area (Å²) in [6.45, 7) is 3.66. The first-order valence-electron chi connectivity index (χ1n) is 4.75. The van der Waals surface area contributed by atoms with Crippen molar-refractivity contribution in [2.45, 2.75) is 19.4 Å². The van der Waals surface area contributed by atoms with Crippen LogP contribution < -0.4 is 5.73 Å². The van der Waals surface area contributed by atoms with Gasteiger partial charge >= 0.3 is 0 Å². The lowest BCUT2D eigenvalue weighted by molar-refractivity contribution is 0.384. The van der Waals surface area contributed by atoms with Gasteiger partial charge in [-0.3, -0.25) is 0 Å². The third-order valence-corrected chi connectivity index (χ3v) is 2.00. The van der Waals surface area contributed by atoms with Crippen LogP contribution in [0.4, 0.5) is 0 Å². The summed E-state index contributed by atoms with van der Waals surface area (Å²) in [5.41, 5.74) is 6.16. The number of aromatic nitrogens is 2. The van der Waals surface area contributed by atoms with Crippen molar-refractivity contribution in [2.24, 2.45) is 5.73 Å². The summed E-state index contributed by atoms with van der Waals surface area (Å²) in [5.74, 6) is 0.950. The zero-order valence-corrected chi connectivity index (χ0v) is 8.77. The van der Waals surface area contributed by atoms with Gasteiger partial charge < -0.3 is 10.2 Å². The molecule has 0 radical (unpaired) electrons. The van der Waals surface area contributed by atoms with Gasteiger partial charge in [0.2, 0.25) is 11.8 Å². The van der Waals surface area contributed by atoms with Crippen LogP contribution in [0.3, 0.4) is 0 Å². The molecule has 0 bridgehead atoms. The van der Waals surface area contributed by atoms with Gasteiger partial charge in [0.05, 0.1) is 5.54 Å². The second kappa shape index (κ2) is 3.47. The van der Waals surface area contributed by atoms with Gasteiger partial charge in [0.1, 0.15) is 0 Å². The molecule has 15 heavy (non-hydrogen) atoms. The van der Waals surface area contributed by atoms with Gasteiger partial charge in [-0.1, -0.05) is 18.2 Å². The Bertz CT molecular complexity index is 442. The van der Waals surface area contributed by atoms with Crippen molar-refractivity contribution in [2.75, 3.05) is 0 Å². The second-order valence-electron chi connectivity index (χ2n) is 4.00. The quantitative estimate of drug-likeness (QED) is 0.809. The van der Waals surface area contributed by atoms with Gasteiger partial charge in [0.15, 0.2) is 0 Å². The molecule has 4 nitrogen and oxygen atoms in total. The fourth-order valence-corrected chi connectivity index (χ4v) is 1.18. The first-order valence-corrected chi connectivity index (χ1v) is 4.75. The van der Waals surface area contributed by atoms with Gasteiger partial charge in [-0.15, -0.1) is 10.2 Å². The van der Waals surface area contributed by atoms with Crippen molar-refractivity contribution in [1.82, 2.24) is 10.2 Å². The standard InChI is InChI=1S/C11H13N3O/c1-11(2,12)10-14-13-9(15-10)8-6-4-3-5-7-8/h3-7H,12H2,1-2H3. The molecule has 0 aliphatic heterocycles. The number of rotatable bonds is 2. The number of hydrogen-bond acceptors (Lipinski definition) is 4. The molecule has 4 heteroatoms. The second-order valence-corrected chi connectivity index (χ2v) is 4.00. The predicted octanol–water partition coefficient (Wildman–Crippen LogP) is 1.93. The molecule has 78 valence electrons. The zero-order valence-electron chi connectivity index (χ0n) is 8.77. The molecule has 2 N–H and O–H groups in total. The maximum absolute atomic E-state index is 5.85. The highest BCUT2D eigenvalue weighted by molar-refractivity contribution is 5.51. The van der Waals surface area contributed by atoms with E-state index in [0.29, 0.717) is 11.8 Å². The SMILES string of the molecule is CC(C)(N)c1nnc(-c2ccccc2)o1. The molecule has 0 amide bonds. The average molecular weight is 203 g/mol. The van der Waals surface area contributed by atoms with Gasteiger partial charge in [-0.05, 0) is 26.0 Å². The number of nitrogens with two attached hydrogens (primary N) is 1. The summed E-state index contributed by atoms with van der Waals surface area (Å²) in [4.78, 5) is 0. The lowest BCUT2D eigenvalue weighted by Gasteiger charge is -2.11. The third kappa shape index (κ3) is 2.05. The minimum atomic E-state index is -0.597. The van der Waals surface area contributed by atoms with E-state index in [1.165, 1.54) is 0 Å². The van der Waals surface area contributed by atoms with E-state index in [-0.39, 0.29) is 0 Å². The van der Waals surface area contributed by atoms with E-state index in [4.69, 9.17) is 10.2 Å². The molecule has 1 aromatic heterocycles. The first kappa shape index (κ1) is 9.86. The normalized spacial score (nSPS) is 11.7. The fourth-order valence-electron chi connectivity index (χ4n) is 1.18. The highest BCUT2D eigenvalue weighted by atomic mass is 16.4. The van der Waals surface area contributed by atoms with Crippen molar-refractivity contribution >= 4 is 0 Å². The van der Waals surface area contributed by atoms with Crippen LogP contribution in [-0.4, -0.2) is 10.2 Å². The highest BCUT2D eigenvalue weighted by Crippen LogP contribution is 2.21. The molecule has 0 saturated heterocycles. The van der Waals surface area contributed by atoms with Crippen molar-refractivity contribution in [3.63, 3.8) is 0 Å². The van der Waals surface area contributed by atoms with Crippen molar-refractivity contribution in [3.05, 3.63) is 36.2 Å². The van der Waals surface area contributed by atoms with Crippen LogP contribution in [0, 0.1) is 0 Å². The molecular formula is C11H13N3O. The molecule has 0 atom stereocenters. The topological polar surface area (TPSA) is 64.9 Å². The largest absolute Gasteiger partial charge is 0.419 e. The Labute approximate surface area is 88.1 Å². The minimum Gasteiger partial charge on any atom is -0.419 e. The van der Waals surface area contributed by atoms with Gasteiger partial charge in [-0.2, -0.15) is 0 Å². The van der Waals surface area contributed by atoms with E-state index in [9.17, 15) is 0 Å². The average Bonchev–Trinajstić information content (AvgIpc) is 2.67. The van der Waals surface area contributed by atoms with Crippen molar-refractivity contribution < 1.29 is 4.42 Å². The van der Waals surface area contributed by atoms with Gasteiger partial charge in [-0.25, -0.2) is 0 Å². The van der Waals surface area contributed by atoms with E-state index < -0.39 is 5.54 Å². The van der Waals surface area contributed by atoms with Crippen LogP contribution in [0.5, 0.6) is 0 Å². The molecule has 0 fully saturated rings. The van der Waals surface area contributed by atoms with E-state index in [2.05, 4.69) is 10.2 Å². The first-order chi connectivity index (χ1) is 7.07. The molecule has 0 aliphatic rings.